The smallest absolute Gasteiger partial charge is 0.120 e. The molecule has 0 aromatic heterocycles. The van der Waals surface area contributed by atoms with Gasteiger partial charge >= 0.3 is 0 Å². The Hall–Kier alpha value is -0.840. The first-order valence-corrected chi connectivity index (χ1v) is 6.27. The van der Waals surface area contributed by atoms with E-state index in [1.54, 1.807) is 18.2 Å². The van der Waals surface area contributed by atoms with E-state index >= 15 is 0 Å². The van der Waals surface area contributed by atoms with Gasteiger partial charge in [0.1, 0.15) is 10.7 Å². The lowest BCUT2D eigenvalue weighted by molar-refractivity contribution is 0.266. The first-order valence-electron chi connectivity index (χ1n) is 5.48. The van der Waals surface area contributed by atoms with Crippen molar-refractivity contribution in [2.24, 2.45) is 5.73 Å². The van der Waals surface area contributed by atoms with Crippen LogP contribution in [0.15, 0.2) is 18.2 Å². The average Bonchev–Trinajstić information content (AvgIpc) is 2.28. The summed E-state index contributed by atoms with van der Waals surface area (Å²) in [6.07, 6.45) is 2.68. The summed E-state index contributed by atoms with van der Waals surface area (Å²) >= 11 is 10.9. The zero-order valence-corrected chi connectivity index (χ0v) is 11.1. The van der Waals surface area contributed by atoms with E-state index in [0.29, 0.717) is 22.9 Å². The van der Waals surface area contributed by atoms with Crippen molar-refractivity contribution < 1.29 is 9.84 Å². The van der Waals surface area contributed by atoms with Gasteiger partial charge in [0.15, 0.2) is 0 Å². The average molecular weight is 274 g/mol. The quantitative estimate of drug-likeness (QED) is 0.592. The van der Waals surface area contributed by atoms with Gasteiger partial charge in [-0.05, 0) is 37.5 Å². The second-order valence-electron chi connectivity index (χ2n) is 3.64. The number of halogens is 1. The van der Waals surface area contributed by atoms with E-state index < -0.39 is 0 Å². The van der Waals surface area contributed by atoms with Crippen LogP contribution in [0.4, 0.5) is 0 Å². The summed E-state index contributed by atoms with van der Waals surface area (Å²) in [5.41, 5.74) is 6.16. The molecule has 1 rings (SSSR count). The van der Waals surface area contributed by atoms with Gasteiger partial charge in [-0.25, -0.2) is 0 Å². The maximum absolute atomic E-state index is 8.62. The first kappa shape index (κ1) is 14.2. The van der Waals surface area contributed by atoms with Crippen molar-refractivity contribution in [3.05, 3.63) is 28.8 Å². The number of rotatable bonds is 7. The number of aliphatic hydroxyl groups is 1. The Morgan fingerprint density at radius 3 is 2.71 bits per heavy atom. The lowest BCUT2D eigenvalue weighted by atomic mass is 10.2. The third-order valence-corrected chi connectivity index (χ3v) is 2.81. The summed E-state index contributed by atoms with van der Waals surface area (Å²) < 4.78 is 5.52. The van der Waals surface area contributed by atoms with Gasteiger partial charge in [-0.15, -0.1) is 0 Å². The molecule has 0 aliphatic carbocycles. The molecule has 0 fully saturated rings. The fourth-order valence-electron chi connectivity index (χ4n) is 1.37. The number of ether oxygens (including phenoxy) is 1. The Morgan fingerprint density at radius 2 is 2.12 bits per heavy atom. The van der Waals surface area contributed by atoms with Crippen molar-refractivity contribution in [1.82, 2.24) is 0 Å². The molecule has 5 heteroatoms. The van der Waals surface area contributed by atoms with E-state index in [-0.39, 0.29) is 11.6 Å². The highest BCUT2D eigenvalue weighted by atomic mass is 35.5. The van der Waals surface area contributed by atoms with Gasteiger partial charge in [-0.1, -0.05) is 23.8 Å². The van der Waals surface area contributed by atoms with Gasteiger partial charge in [0.2, 0.25) is 0 Å². The van der Waals surface area contributed by atoms with Gasteiger partial charge in [0, 0.05) is 12.2 Å². The fourth-order valence-corrected chi connectivity index (χ4v) is 1.87. The molecule has 0 radical (unpaired) electrons. The van der Waals surface area contributed by atoms with Crippen molar-refractivity contribution in [2.75, 3.05) is 13.2 Å². The molecule has 1 aromatic carbocycles. The topological polar surface area (TPSA) is 55.5 Å². The molecule has 0 unspecified atom stereocenters. The highest BCUT2D eigenvalue weighted by Crippen LogP contribution is 2.22. The molecule has 0 aliphatic heterocycles. The first-order chi connectivity index (χ1) is 8.15. The highest BCUT2D eigenvalue weighted by Gasteiger charge is 2.04. The molecule has 0 heterocycles. The molecule has 0 bridgehead atoms. The lowest BCUT2D eigenvalue weighted by Gasteiger charge is -2.08. The molecule has 1 aromatic rings. The van der Waals surface area contributed by atoms with Crippen molar-refractivity contribution in [2.45, 2.75) is 19.3 Å². The molecule has 0 atom stereocenters. The van der Waals surface area contributed by atoms with Crippen LogP contribution in [0.2, 0.25) is 5.02 Å². The number of aliphatic hydroxyl groups excluding tert-OH is 1. The lowest BCUT2D eigenvalue weighted by Crippen LogP contribution is -2.10. The van der Waals surface area contributed by atoms with Gasteiger partial charge in [0.25, 0.3) is 0 Å². The maximum Gasteiger partial charge on any atom is 0.120 e. The summed E-state index contributed by atoms with van der Waals surface area (Å²) in [6.45, 7) is 0.844. The number of unbranched alkanes of at least 4 members (excludes halogenated alkanes) is 2. The number of nitrogens with two attached hydrogens (primary N) is 1. The van der Waals surface area contributed by atoms with E-state index in [0.717, 1.165) is 19.3 Å². The molecule has 3 nitrogen and oxygen atoms in total. The number of benzene rings is 1. The van der Waals surface area contributed by atoms with Crippen molar-refractivity contribution in [3.8, 4) is 5.75 Å². The van der Waals surface area contributed by atoms with Crippen LogP contribution in [0.1, 0.15) is 24.8 Å². The van der Waals surface area contributed by atoms with E-state index in [1.807, 2.05) is 0 Å². The predicted octanol–water partition coefficient (Wildman–Crippen LogP) is 2.52. The van der Waals surface area contributed by atoms with Crippen LogP contribution in [0, 0.1) is 0 Å². The standard InChI is InChI=1S/C12H16ClNO2S/c13-11-8-9(4-5-10(11)12(14)17)16-7-3-1-2-6-15/h4-5,8,15H,1-3,6-7H2,(H2,14,17). The largest absolute Gasteiger partial charge is 0.494 e. The van der Waals surface area contributed by atoms with E-state index in [9.17, 15) is 0 Å². The second kappa shape index (κ2) is 7.48. The van der Waals surface area contributed by atoms with Crippen molar-refractivity contribution >= 4 is 28.8 Å². The Labute approximate surface area is 112 Å². The summed E-state index contributed by atoms with van der Waals surface area (Å²) in [4.78, 5) is 0.282. The van der Waals surface area contributed by atoms with Gasteiger partial charge in [0.05, 0.1) is 11.6 Å². The molecule has 0 spiro atoms. The van der Waals surface area contributed by atoms with Crippen LogP contribution in [0.3, 0.4) is 0 Å². The van der Waals surface area contributed by atoms with Crippen LogP contribution in [0.5, 0.6) is 5.75 Å². The molecule has 17 heavy (non-hydrogen) atoms. The third kappa shape index (κ3) is 4.89. The van der Waals surface area contributed by atoms with Crippen LogP contribution in [-0.4, -0.2) is 23.3 Å². The highest BCUT2D eigenvalue weighted by molar-refractivity contribution is 7.80. The third-order valence-electron chi connectivity index (χ3n) is 2.28. The minimum atomic E-state index is 0.231. The minimum absolute atomic E-state index is 0.231. The Balaban J connectivity index is 2.45. The molecule has 0 saturated carbocycles. The summed E-state index contributed by atoms with van der Waals surface area (Å²) in [6, 6.07) is 5.27. The predicted molar refractivity (Wildman–Crippen MR) is 73.8 cm³/mol. The van der Waals surface area contributed by atoms with E-state index in [1.165, 1.54) is 0 Å². The Kier molecular flexibility index (Phi) is 6.26. The van der Waals surface area contributed by atoms with Gasteiger partial charge in [-0.2, -0.15) is 0 Å². The molecule has 0 amide bonds. The van der Waals surface area contributed by atoms with Crippen molar-refractivity contribution in [1.29, 1.82) is 0 Å². The molecule has 3 N–H and O–H groups in total. The van der Waals surface area contributed by atoms with E-state index in [2.05, 4.69) is 0 Å². The van der Waals surface area contributed by atoms with Gasteiger partial charge in [-0.3, -0.25) is 0 Å². The fraction of sp³-hybridized carbons (Fsp3) is 0.417. The zero-order valence-electron chi connectivity index (χ0n) is 9.49. The molecule has 0 saturated heterocycles. The van der Waals surface area contributed by atoms with Crippen LogP contribution >= 0.6 is 23.8 Å². The second-order valence-corrected chi connectivity index (χ2v) is 4.49. The van der Waals surface area contributed by atoms with E-state index in [4.69, 9.17) is 39.4 Å². The molecule has 94 valence electrons. The summed E-state index contributed by atoms with van der Waals surface area (Å²) in [5, 5.41) is 9.12. The molecular formula is C12H16ClNO2S. The molecular weight excluding hydrogens is 258 g/mol. The van der Waals surface area contributed by atoms with Crippen LogP contribution < -0.4 is 10.5 Å². The van der Waals surface area contributed by atoms with Crippen LogP contribution in [0.25, 0.3) is 0 Å². The summed E-state index contributed by atoms with van der Waals surface area (Å²) in [7, 11) is 0. The molecule has 0 aliphatic rings. The maximum atomic E-state index is 8.62. The number of hydrogen-bond donors (Lipinski definition) is 2. The number of hydrogen-bond acceptors (Lipinski definition) is 3. The van der Waals surface area contributed by atoms with Gasteiger partial charge < -0.3 is 15.6 Å². The summed E-state index contributed by atoms with van der Waals surface area (Å²) in [5.74, 6) is 0.707. The Bertz CT molecular complexity index is 385. The monoisotopic (exact) mass is 273 g/mol. The van der Waals surface area contributed by atoms with Crippen LogP contribution in [-0.2, 0) is 0 Å². The number of thiocarbonyl (C=S) groups is 1. The minimum Gasteiger partial charge on any atom is -0.494 e. The Morgan fingerprint density at radius 1 is 1.35 bits per heavy atom. The normalized spacial score (nSPS) is 10.2. The zero-order chi connectivity index (χ0) is 12.7. The van der Waals surface area contributed by atoms with Crippen molar-refractivity contribution in [3.63, 3.8) is 0 Å². The SMILES string of the molecule is NC(=S)c1ccc(OCCCCCO)cc1Cl.